The van der Waals surface area contributed by atoms with Crippen LogP contribution < -0.4 is 5.32 Å². The van der Waals surface area contributed by atoms with Crippen molar-refractivity contribution in [2.45, 2.75) is 19.9 Å². The Morgan fingerprint density at radius 3 is 2.91 bits per heavy atom. The van der Waals surface area contributed by atoms with Crippen LogP contribution in [0.25, 0.3) is 11.4 Å². The third-order valence-corrected chi connectivity index (χ3v) is 4.33. The average molecular weight is 327 g/mol. The number of benzene rings is 1. The van der Waals surface area contributed by atoms with Crippen molar-refractivity contribution in [2.75, 3.05) is 6.54 Å². The molecular formula is C16H17N5OS. The second-order valence-electron chi connectivity index (χ2n) is 5.14. The van der Waals surface area contributed by atoms with Gasteiger partial charge < -0.3 is 5.32 Å². The van der Waals surface area contributed by atoms with Crippen molar-refractivity contribution < 1.29 is 4.79 Å². The SMILES string of the molecule is Cc1ccccc1-c1nnn(CC(=O)NCCc2cccs2)n1. The van der Waals surface area contributed by atoms with Gasteiger partial charge in [-0.3, -0.25) is 4.79 Å². The predicted octanol–water partition coefficient (Wildman–Crippen LogP) is 2.07. The molecule has 0 aliphatic carbocycles. The predicted molar refractivity (Wildman–Crippen MR) is 89.0 cm³/mol. The van der Waals surface area contributed by atoms with Crippen LogP contribution in [-0.4, -0.2) is 32.7 Å². The molecule has 1 amide bonds. The molecule has 3 rings (SSSR count). The number of nitrogens with one attached hydrogen (secondary N) is 1. The lowest BCUT2D eigenvalue weighted by atomic mass is 10.1. The van der Waals surface area contributed by atoms with E-state index < -0.39 is 0 Å². The Morgan fingerprint density at radius 1 is 1.26 bits per heavy atom. The van der Waals surface area contributed by atoms with Crippen LogP contribution in [-0.2, 0) is 17.8 Å². The van der Waals surface area contributed by atoms with Gasteiger partial charge in [-0.25, -0.2) is 0 Å². The van der Waals surface area contributed by atoms with Gasteiger partial charge in [0.25, 0.3) is 0 Å². The maximum atomic E-state index is 11.9. The number of carbonyl (C=O) groups is 1. The highest BCUT2D eigenvalue weighted by Gasteiger charge is 2.10. The summed E-state index contributed by atoms with van der Waals surface area (Å²) in [6, 6.07) is 11.9. The molecule has 0 fully saturated rings. The fourth-order valence-electron chi connectivity index (χ4n) is 2.21. The molecule has 0 atom stereocenters. The van der Waals surface area contributed by atoms with E-state index >= 15 is 0 Å². The monoisotopic (exact) mass is 327 g/mol. The Morgan fingerprint density at radius 2 is 2.13 bits per heavy atom. The summed E-state index contributed by atoms with van der Waals surface area (Å²) in [6.07, 6.45) is 0.836. The molecule has 2 aromatic heterocycles. The molecule has 2 heterocycles. The summed E-state index contributed by atoms with van der Waals surface area (Å²) in [7, 11) is 0. The lowest BCUT2D eigenvalue weighted by Gasteiger charge is -2.03. The number of hydrogen-bond acceptors (Lipinski definition) is 5. The Hall–Kier alpha value is -2.54. The average Bonchev–Trinajstić information content (AvgIpc) is 3.20. The molecule has 0 spiro atoms. The molecule has 0 unspecified atom stereocenters. The lowest BCUT2D eigenvalue weighted by Crippen LogP contribution is -2.30. The molecule has 118 valence electrons. The van der Waals surface area contributed by atoms with Crippen molar-refractivity contribution in [3.05, 3.63) is 52.2 Å². The van der Waals surface area contributed by atoms with Crippen LogP contribution in [0.2, 0.25) is 0 Å². The summed E-state index contributed by atoms with van der Waals surface area (Å²) >= 11 is 1.69. The van der Waals surface area contributed by atoms with Crippen LogP contribution in [0.5, 0.6) is 0 Å². The number of hydrogen-bond donors (Lipinski definition) is 1. The van der Waals surface area contributed by atoms with Gasteiger partial charge in [-0.2, -0.15) is 4.80 Å². The zero-order valence-corrected chi connectivity index (χ0v) is 13.6. The highest BCUT2D eigenvalue weighted by Crippen LogP contribution is 2.17. The number of aryl methyl sites for hydroxylation is 1. The minimum atomic E-state index is -0.115. The van der Waals surface area contributed by atoms with Crippen molar-refractivity contribution in [3.8, 4) is 11.4 Å². The molecule has 1 N–H and O–H groups in total. The molecule has 0 aliphatic rings. The largest absolute Gasteiger partial charge is 0.354 e. The van der Waals surface area contributed by atoms with Crippen LogP contribution in [0, 0.1) is 6.92 Å². The van der Waals surface area contributed by atoms with E-state index in [1.165, 1.54) is 9.67 Å². The fraction of sp³-hybridized carbons (Fsp3) is 0.250. The van der Waals surface area contributed by atoms with Gasteiger partial charge in [0.1, 0.15) is 6.54 Å². The van der Waals surface area contributed by atoms with Crippen LogP contribution in [0.15, 0.2) is 41.8 Å². The molecular weight excluding hydrogens is 310 g/mol. The third-order valence-electron chi connectivity index (χ3n) is 3.40. The summed E-state index contributed by atoms with van der Waals surface area (Å²) in [6.45, 7) is 2.68. The van der Waals surface area contributed by atoms with E-state index in [1.807, 2.05) is 42.6 Å². The van der Waals surface area contributed by atoms with Crippen molar-refractivity contribution in [1.82, 2.24) is 25.5 Å². The number of aromatic nitrogens is 4. The van der Waals surface area contributed by atoms with Gasteiger partial charge in [0.15, 0.2) is 0 Å². The summed E-state index contributed by atoms with van der Waals surface area (Å²) < 4.78 is 0. The Bertz CT molecular complexity index is 781. The van der Waals surface area contributed by atoms with E-state index in [0.29, 0.717) is 12.4 Å². The normalized spacial score (nSPS) is 10.7. The Kier molecular flexibility index (Phi) is 4.77. The van der Waals surface area contributed by atoms with Crippen molar-refractivity contribution >= 4 is 17.2 Å². The van der Waals surface area contributed by atoms with Crippen molar-refractivity contribution in [1.29, 1.82) is 0 Å². The smallest absolute Gasteiger partial charge is 0.243 e. The molecule has 0 bridgehead atoms. The van der Waals surface area contributed by atoms with Crippen LogP contribution in [0.1, 0.15) is 10.4 Å². The number of carbonyl (C=O) groups excluding carboxylic acids is 1. The molecule has 0 radical (unpaired) electrons. The first-order valence-electron chi connectivity index (χ1n) is 7.35. The van der Waals surface area contributed by atoms with Crippen LogP contribution in [0.3, 0.4) is 0 Å². The lowest BCUT2D eigenvalue weighted by molar-refractivity contribution is -0.122. The Labute approximate surface area is 138 Å². The van der Waals surface area contributed by atoms with E-state index in [9.17, 15) is 4.79 Å². The molecule has 3 aromatic rings. The quantitative estimate of drug-likeness (QED) is 0.752. The van der Waals surface area contributed by atoms with Gasteiger partial charge in [0.05, 0.1) is 0 Å². The maximum Gasteiger partial charge on any atom is 0.243 e. The summed E-state index contributed by atoms with van der Waals surface area (Å²) in [5.41, 5.74) is 2.00. The maximum absolute atomic E-state index is 11.9. The number of nitrogens with zero attached hydrogens (tertiary/aromatic N) is 4. The van der Waals surface area contributed by atoms with Gasteiger partial charge >= 0.3 is 0 Å². The molecule has 0 saturated carbocycles. The van der Waals surface area contributed by atoms with Gasteiger partial charge in [0, 0.05) is 17.0 Å². The van der Waals surface area contributed by atoms with Gasteiger partial charge in [-0.15, -0.1) is 21.5 Å². The highest BCUT2D eigenvalue weighted by molar-refractivity contribution is 7.09. The second kappa shape index (κ2) is 7.15. The van der Waals surface area contributed by atoms with Gasteiger partial charge in [-0.1, -0.05) is 30.3 Å². The van der Waals surface area contributed by atoms with E-state index in [2.05, 4.69) is 26.8 Å². The van der Waals surface area contributed by atoms with Crippen LogP contribution >= 0.6 is 11.3 Å². The highest BCUT2D eigenvalue weighted by atomic mass is 32.1. The van der Waals surface area contributed by atoms with Crippen molar-refractivity contribution in [2.24, 2.45) is 0 Å². The van der Waals surface area contributed by atoms with E-state index in [1.54, 1.807) is 11.3 Å². The zero-order valence-electron chi connectivity index (χ0n) is 12.8. The second-order valence-corrected chi connectivity index (χ2v) is 6.17. The van der Waals surface area contributed by atoms with E-state index in [4.69, 9.17) is 0 Å². The first kappa shape index (κ1) is 15.4. The third kappa shape index (κ3) is 4.01. The van der Waals surface area contributed by atoms with E-state index in [0.717, 1.165) is 17.5 Å². The number of amides is 1. The minimum Gasteiger partial charge on any atom is -0.354 e. The zero-order chi connectivity index (χ0) is 16.1. The minimum absolute atomic E-state index is 0.0727. The van der Waals surface area contributed by atoms with Gasteiger partial charge in [0.2, 0.25) is 11.7 Å². The van der Waals surface area contributed by atoms with Crippen molar-refractivity contribution in [3.63, 3.8) is 0 Å². The number of rotatable bonds is 6. The number of thiophene rings is 1. The Balaban J connectivity index is 1.54. The summed E-state index contributed by atoms with van der Waals surface area (Å²) in [4.78, 5) is 14.5. The standard InChI is InChI=1S/C16H17N5OS/c1-12-5-2-3-7-14(12)16-18-20-21(19-16)11-15(22)17-9-8-13-6-4-10-23-13/h2-7,10H,8-9,11H2,1H3,(H,17,22). The topological polar surface area (TPSA) is 72.7 Å². The molecule has 0 saturated heterocycles. The first-order chi connectivity index (χ1) is 11.2. The van der Waals surface area contributed by atoms with Gasteiger partial charge in [-0.05, 0) is 35.6 Å². The molecule has 6 nitrogen and oxygen atoms in total. The first-order valence-corrected chi connectivity index (χ1v) is 8.23. The fourth-order valence-corrected chi connectivity index (χ4v) is 2.92. The summed E-state index contributed by atoms with van der Waals surface area (Å²) in [5, 5.41) is 17.1. The van der Waals surface area contributed by atoms with E-state index in [-0.39, 0.29) is 12.5 Å². The molecule has 1 aromatic carbocycles. The number of tetrazole rings is 1. The summed E-state index contributed by atoms with van der Waals surface area (Å²) in [5.74, 6) is 0.421. The van der Waals surface area contributed by atoms with Crippen LogP contribution in [0.4, 0.5) is 0 Å². The molecule has 0 aliphatic heterocycles. The molecule has 23 heavy (non-hydrogen) atoms. The molecule has 7 heteroatoms.